The third kappa shape index (κ3) is 6.71. The first-order valence-corrected chi connectivity index (χ1v) is 9.48. The molecular weight excluding hydrogens is 372 g/mol. The van der Waals surface area contributed by atoms with E-state index in [4.69, 9.17) is 4.74 Å². The summed E-state index contributed by atoms with van der Waals surface area (Å²) in [5.74, 6) is -1.25. The Morgan fingerprint density at radius 2 is 1.76 bits per heavy atom. The zero-order valence-corrected chi connectivity index (χ0v) is 16.9. The standard InChI is InChI=1S/C22H26N2O5/c1-15(2)12-19(22(28)29-14-17-8-5-4-6-9-17)23-20(26)13-24-11-7-10-18(16(3)25)21(24)27/h4-11,15,19H,12-14H2,1-3H3,(H,23,26)/t19-/m0/s1. The fourth-order valence-corrected chi connectivity index (χ4v) is 2.84. The van der Waals surface area contributed by atoms with Gasteiger partial charge < -0.3 is 14.6 Å². The molecule has 0 saturated heterocycles. The maximum absolute atomic E-state index is 12.5. The van der Waals surface area contributed by atoms with Crippen LogP contribution in [0.1, 0.15) is 43.1 Å². The second kappa shape index (κ2) is 10.4. The van der Waals surface area contributed by atoms with Crippen molar-refractivity contribution in [1.82, 2.24) is 9.88 Å². The highest BCUT2D eigenvalue weighted by Gasteiger charge is 2.24. The highest BCUT2D eigenvalue weighted by molar-refractivity contribution is 5.93. The first-order chi connectivity index (χ1) is 13.8. The minimum atomic E-state index is -0.821. The molecule has 2 rings (SSSR count). The Morgan fingerprint density at radius 1 is 1.07 bits per heavy atom. The zero-order chi connectivity index (χ0) is 21.4. The number of ether oxygens (including phenoxy) is 1. The van der Waals surface area contributed by atoms with Crippen molar-refractivity contribution < 1.29 is 19.1 Å². The lowest BCUT2D eigenvalue weighted by Crippen LogP contribution is -2.45. The monoisotopic (exact) mass is 398 g/mol. The van der Waals surface area contributed by atoms with E-state index in [9.17, 15) is 19.2 Å². The molecule has 1 aromatic carbocycles. The molecule has 0 fully saturated rings. The average molecular weight is 398 g/mol. The van der Waals surface area contributed by atoms with E-state index >= 15 is 0 Å². The molecule has 1 N–H and O–H groups in total. The van der Waals surface area contributed by atoms with Crippen LogP contribution in [0.3, 0.4) is 0 Å². The van der Waals surface area contributed by atoms with Crippen LogP contribution in [-0.4, -0.2) is 28.3 Å². The maximum Gasteiger partial charge on any atom is 0.328 e. The summed E-state index contributed by atoms with van der Waals surface area (Å²) in [6, 6.07) is 11.4. The molecule has 1 heterocycles. The summed E-state index contributed by atoms with van der Waals surface area (Å²) >= 11 is 0. The second-order valence-corrected chi connectivity index (χ2v) is 7.25. The number of esters is 1. The molecule has 0 aliphatic heterocycles. The number of pyridine rings is 1. The Bertz CT molecular complexity index is 918. The van der Waals surface area contributed by atoms with E-state index in [1.807, 2.05) is 44.2 Å². The highest BCUT2D eigenvalue weighted by atomic mass is 16.5. The molecule has 0 spiro atoms. The van der Waals surface area contributed by atoms with Gasteiger partial charge in [0.2, 0.25) is 5.91 Å². The van der Waals surface area contributed by atoms with Gasteiger partial charge in [0, 0.05) is 6.20 Å². The summed E-state index contributed by atoms with van der Waals surface area (Å²) in [6.07, 6.45) is 1.83. The number of hydrogen-bond donors (Lipinski definition) is 1. The van der Waals surface area contributed by atoms with Crippen LogP contribution in [0.2, 0.25) is 0 Å². The summed E-state index contributed by atoms with van der Waals surface area (Å²) < 4.78 is 6.50. The van der Waals surface area contributed by atoms with Gasteiger partial charge in [0.25, 0.3) is 5.56 Å². The number of nitrogens with zero attached hydrogens (tertiary/aromatic N) is 1. The minimum Gasteiger partial charge on any atom is -0.459 e. The van der Waals surface area contributed by atoms with E-state index in [1.165, 1.54) is 25.3 Å². The van der Waals surface area contributed by atoms with Crippen LogP contribution < -0.4 is 10.9 Å². The summed E-state index contributed by atoms with van der Waals surface area (Å²) in [7, 11) is 0. The molecule has 1 amide bonds. The van der Waals surface area contributed by atoms with Crippen molar-refractivity contribution in [2.45, 2.75) is 46.4 Å². The summed E-state index contributed by atoms with van der Waals surface area (Å²) in [5, 5.41) is 2.65. The van der Waals surface area contributed by atoms with Gasteiger partial charge in [0.05, 0.1) is 5.56 Å². The lowest BCUT2D eigenvalue weighted by Gasteiger charge is -2.20. The molecule has 0 radical (unpaired) electrons. The van der Waals surface area contributed by atoms with E-state index in [0.717, 1.165) is 10.1 Å². The smallest absolute Gasteiger partial charge is 0.328 e. The predicted molar refractivity (Wildman–Crippen MR) is 108 cm³/mol. The van der Waals surface area contributed by atoms with Crippen LogP contribution in [0.25, 0.3) is 0 Å². The molecule has 2 aromatic rings. The number of benzene rings is 1. The molecule has 0 aliphatic rings. The first-order valence-electron chi connectivity index (χ1n) is 9.48. The van der Waals surface area contributed by atoms with Gasteiger partial charge in [-0.15, -0.1) is 0 Å². The van der Waals surface area contributed by atoms with E-state index < -0.39 is 23.5 Å². The van der Waals surface area contributed by atoms with E-state index in [2.05, 4.69) is 5.32 Å². The first kappa shape index (κ1) is 22.1. The number of nitrogens with one attached hydrogen (secondary N) is 1. The third-order valence-electron chi connectivity index (χ3n) is 4.26. The number of rotatable bonds is 9. The van der Waals surface area contributed by atoms with Gasteiger partial charge in [-0.2, -0.15) is 0 Å². The molecule has 7 heteroatoms. The van der Waals surface area contributed by atoms with Gasteiger partial charge in [-0.1, -0.05) is 44.2 Å². The van der Waals surface area contributed by atoms with Crippen molar-refractivity contribution in [3.63, 3.8) is 0 Å². The van der Waals surface area contributed by atoms with Crippen LogP contribution in [0, 0.1) is 5.92 Å². The lowest BCUT2D eigenvalue weighted by molar-refractivity contribution is -0.149. The fraction of sp³-hybridized carbons (Fsp3) is 0.364. The number of hydrogen-bond acceptors (Lipinski definition) is 5. The largest absolute Gasteiger partial charge is 0.459 e. The Labute approximate surface area is 169 Å². The minimum absolute atomic E-state index is 0.0151. The number of carbonyl (C=O) groups excluding carboxylic acids is 3. The molecule has 0 aliphatic carbocycles. The molecule has 1 atom stereocenters. The van der Waals surface area contributed by atoms with Crippen molar-refractivity contribution in [1.29, 1.82) is 0 Å². The Kier molecular flexibility index (Phi) is 7.88. The van der Waals surface area contributed by atoms with E-state index in [1.54, 1.807) is 0 Å². The SMILES string of the molecule is CC(=O)c1cccn(CC(=O)N[C@@H](CC(C)C)C(=O)OCc2ccccc2)c1=O. The van der Waals surface area contributed by atoms with Crippen molar-refractivity contribution >= 4 is 17.7 Å². The number of carbonyl (C=O) groups is 3. The third-order valence-corrected chi connectivity index (χ3v) is 4.26. The van der Waals surface area contributed by atoms with Crippen molar-refractivity contribution in [2.75, 3.05) is 0 Å². The quantitative estimate of drug-likeness (QED) is 0.517. The van der Waals surface area contributed by atoms with Crippen LogP contribution >= 0.6 is 0 Å². The van der Waals surface area contributed by atoms with E-state index in [-0.39, 0.29) is 30.4 Å². The molecular formula is C22H26N2O5. The Hall–Kier alpha value is -3.22. The predicted octanol–water partition coefficient (Wildman–Crippen LogP) is 2.33. The number of Topliss-reactive ketones (excluding diaryl/α,β-unsaturated/α-hetero) is 1. The van der Waals surface area contributed by atoms with Crippen molar-refractivity contribution in [2.24, 2.45) is 5.92 Å². The summed E-state index contributed by atoms with van der Waals surface area (Å²) in [5.41, 5.74) is 0.326. The van der Waals surface area contributed by atoms with Gasteiger partial charge in [0.1, 0.15) is 19.2 Å². The van der Waals surface area contributed by atoms with Crippen LogP contribution in [-0.2, 0) is 27.5 Å². The topological polar surface area (TPSA) is 94.5 Å². The fourth-order valence-electron chi connectivity index (χ4n) is 2.84. The molecule has 7 nitrogen and oxygen atoms in total. The second-order valence-electron chi connectivity index (χ2n) is 7.25. The Morgan fingerprint density at radius 3 is 2.38 bits per heavy atom. The van der Waals surface area contributed by atoms with Crippen LogP contribution in [0.5, 0.6) is 0 Å². The normalized spacial score (nSPS) is 11.7. The van der Waals surface area contributed by atoms with Gasteiger partial charge in [0.15, 0.2) is 5.78 Å². The highest BCUT2D eigenvalue weighted by Crippen LogP contribution is 2.09. The summed E-state index contributed by atoms with van der Waals surface area (Å²) in [6.45, 7) is 4.99. The average Bonchev–Trinajstić information content (AvgIpc) is 2.67. The number of aromatic nitrogens is 1. The van der Waals surface area contributed by atoms with Crippen molar-refractivity contribution in [3.8, 4) is 0 Å². The van der Waals surface area contributed by atoms with Crippen LogP contribution in [0.4, 0.5) is 0 Å². The molecule has 29 heavy (non-hydrogen) atoms. The zero-order valence-electron chi connectivity index (χ0n) is 16.9. The molecule has 154 valence electrons. The van der Waals surface area contributed by atoms with Crippen molar-refractivity contribution in [3.05, 3.63) is 70.1 Å². The lowest BCUT2D eigenvalue weighted by atomic mass is 10.0. The van der Waals surface area contributed by atoms with E-state index in [0.29, 0.717) is 6.42 Å². The van der Waals surface area contributed by atoms with Gasteiger partial charge in [-0.3, -0.25) is 14.4 Å². The van der Waals surface area contributed by atoms with Gasteiger partial charge >= 0.3 is 5.97 Å². The number of amides is 1. The number of ketones is 1. The van der Waals surface area contributed by atoms with Gasteiger partial charge in [-0.25, -0.2) is 4.79 Å². The Balaban J connectivity index is 2.04. The molecule has 0 bridgehead atoms. The molecule has 1 aromatic heterocycles. The summed E-state index contributed by atoms with van der Waals surface area (Å²) in [4.78, 5) is 48.7. The van der Waals surface area contributed by atoms with Gasteiger partial charge in [-0.05, 0) is 37.0 Å². The van der Waals surface area contributed by atoms with Crippen LogP contribution in [0.15, 0.2) is 53.5 Å². The molecule has 0 unspecified atom stereocenters. The molecule has 0 saturated carbocycles. The maximum atomic E-state index is 12.5.